The van der Waals surface area contributed by atoms with Crippen LogP contribution in [0, 0.1) is 0 Å². The fourth-order valence-electron chi connectivity index (χ4n) is 4.41. The zero-order valence-corrected chi connectivity index (χ0v) is 19.1. The van der Waals surface area contributed by atoms with Crippen LogP contribution in [0.3, 0.4) is 0 Å². The van der Waals surface area contributed by atoms with Crippen molar-refractivity contribution in [3.8, 4) is 23.0 Å². The van der Waals surface area contributed by atoms with Crippen molar-refractivity contribution in [1.29, 1.82) is 0 Å². The van der Waals surface area contributed by atoms with E-state index in [2.05, 4.69) is 4.98 Å². The fourth-order valence-corrected chi connectivity index (χ4v) is 4.41. The number of hydrogen-bond donors (Lipinski definition) is 1. The number of benzene rings is 2. The van der Waals surface area contributed by atoms with Gasteiger partial charge in [-0.25, -0.2) is 0 Å². The number of amides is 1. The van der Waals surface area contributed by atoms with Crippen molar-refractivity contribution in [1.82, 2.24) is 14.5 Å². The molecule has 0 spiro atoms. The van der Waals surface area contributed by atoms with Gasteiger partial charge < -0.3 is 29.2 Å². The number of nitrogens with two attached hydrogens (primary N) is 1. The van der Waals surface area contributed by atoms with E-state index in [-0.39, 0.29) is 18.9 Å². The lowest BCUT2D eigenvalue weighted by molar-refractivity contribution is -0.118. The molecule has 0 fully saturated rings. The summed E-state index contributed by atoms with van der Waals surface area (Å²) in [7, 11) is 4.86. The van der Waals surface area contributed by atoms with Crippen molar-refractivity contribution in [3.05, 3.63) is 40.8 Å². The number of carbonyl (C=O) groups is 1. The average Bonchev–Trinajstić information content (AvgIpc) is 3.28. The Kier molecular flexibility index (Phi) is 5.37. The van der Waals surface area contributed by atoms with Crippen LogP contribution < -0.4 is 30.2 Å². The van der Waals surface area contributed by atoms with Gasteiger partial charge in [0, 0.05) is 41.5 Å². The second-order valence-electron chi connectivity index (χ2n) is 8.16. The first-order valence-corrected chi connectivity index (χ1v) is 10.7. The molecule has 0 bridgehead atoms. The maximum Gasteiger partial charge on any atom is 0.259 e. The molecule has 2 N–H and O–H groups in total. The molecule has 176 valence electrons. The Balaban J connectivity index is 1.83. The molecule has 5 rings (SSSR count). The molecule has 0 saturated heterocycles. The maximum atomic E-state index is 13.8. The third-order valence-electron chi connectivity index (χ3n) is 6.02. The van der Waals surface area contributed by atoms with E-state index in [0.717, 1.165) is 10.8 Å². The molecule has 10 nitrogen and oxygen atoms in total. The van der Waals surface area contributed by atoms with E-state index < -0.39 is 5.91 Å². The average molecular weight is 464 g/mol. The third-order valence-corrected chi connectivity index (χ3v) is 6.02. The first kappa shape index (κ1) is 21.8. The van der Waals surface area contributed by atoms with Crippen LogP contribution in [0.4, 0.5) is 0 Å². The van der Waals surface area contributed by atoms with Crippen LogP contribution in [0.2, 0.25) is 0 Å². The van der Waals surface area contributed by atoms with Crippen molar-refractivity contribution < 1.29 is 23.7 Å². The Morgan fingerprint density at radius 2 is 1.74 bits per heavy atom. The number of fused-ring (bicyclic) bond motifs is 6. The highest BCUT2D eigenvalue weighted by atomic mass is 16.7. The van der Waals surface area contributed by atoms with Crippen molar-refractivity contribution in [2.24, 2.45) is 5.73 Å². The minimum atomic E-state index is -0.433. The van der Waals surface area contributed by atoms with Crippen LogP contribution in [-0.2, 0) is 11.3 Å². The van der Waals surface area contributed by atoms with Gasteiger partial charge in [0.2, 0.25) is 12.7 Å². The van der Waals surface area contributed by atoms with Gasteiger partial charge in [0.25, 0.3) is 5.56 Å². The molecule has 0 atom stereocenters. The highest BCUT2D eigenvalue weighted by Crippen LogP contribution is 2.40. The van der Waals surface area contributed by atoms with Gasteiger partial charge in [0.1, 0.15) is 0 Å². The number of pyridine rings is 2. The second-order valence-corrected chi connectivity index (χ2v) is 8.16. The van der Waals surface area contributed by atoms with Crippen molar-refractivity contribution in [3.63, 3.8) is 0 Å². The number of ether oxygens (including phenoxy) is 4. The van der Waals surface area contributed by atoms with Gasteiger partial charge in [-0.15, -0.1) is 0 Å². The minimum Gasteiger partial charge on any atom is -0.493 e. The molecule has 0 radical (unpaired) electrons. The van der Waals surface area contributed by atoms with E-state index in [1.807, 2.05) is 12.1 Å². The molecule has 10 heteroatoms. The minimum absolute atomic E-state index is 0.0896. The standard InChI is InChI=1S/C24H24N4O6/c1-27(11-22(25)29)4-5-28-23-15-8-20-21(34-12-33-20)9-17(15)26-10-16(23)13-6-18(31-2)19(32-3)7-14(13)24(28)30/h6-10H,4-5,11-12H2,1-3H3,(H2,25,29). The molecule has 2 aromatic heterocycles. The monoisotopic (exact) mass is 464 g/mol. The van der Waals surface area contributed by atoms with Gasteiger partial charge in [-0.05, 0) is 25.2 Å². The Morgan fingerprint density at radius 1 is 1.06 bits per heavy atom. The Hall–Kier alpha value is -4.05. The largest absolute Gasteiger partial charge is 0.493 e. The normalized spacial score (nSPS) is 12.7. The van der Waals surface area contributed by atoms with Crippen LogP contribution in [0.1, 0.15) is 0 Å². The Labute approximate surface area is 194 Å². The van der Waals surface area contributed by atoms with E-state index in [0.29, 0.717) is 57.9 Å². The van der Waals surface area contributed by atoms with E-state index in [9.17, 15) is 9.59 Å². The smallest absolute Gasteiger partial charge is 0.259 e. The predicted octanol–water partition coefficient (Wildman–Crippen LogP) is 1.87. The fraction of sp³-hybridized carbons (Fsp3) is 0.292. The lowest BCUT2D eigenvalue weighted by Crippen LogP contribution is -2.34. The molecular formula is C24H24N4O6. The summed E-state index contributed by atoms with van der Waals surface area (Å²) in [5, 5.41) is 2.71. The summed E-state index contributed by atoms with van der Waals surface area (Å²) in [6, 6.07) is 7.14. The van der Waals surface area contributed by atoms with E-state index in [1.165, 1.54) is 7.11 Å². The van der Waals surface area contributed by atoms with Crippen molar-refractivity contribution in [2.75, 3.05) is 41.1 Å². The molecule has 1 amide bonds. The first-order valence-electron chi connectivity index (χ1n) is 10.7. The van der Waals surface area contributed by atoms with E-state index >= 15 is 0 Å². The summed E-state index contributed by atoms with van der Waals surface area (Å²) in [5.41, 5.74) is 6.53. The maximum absolute atomic E-state index is 13.8. The quantitative estimate of drug-likeness (QED) is 0.412. The van der Waals surface area contributed by atoms with E-state index in [1.54, 1.807) is 42.0 Å². The lowest BCUT2D eigenvalue weighted by Gasteiger charge is -2.19. The molecular weight excluding hydrogens is 440 g/mol. The molecule has 0 aliphatic carbocycles. The van der Waals surface area contributed by atoms with Gasteiger partial charge in [-0.3, -0.25) is 19.5 Å². The van der Waals surface area contributed by atoms with Gasteiger partial charge in [0.05, 0.1) is 37.2 Å². The van der Waals surface area contributed by atoms with Gasteiger partial charge >= 0.3 is 0 Å². The molecule has 0 unspecified atom stereocenters. The van der Waals surface area contributed by atoms with Crippen LogP contribution in [-0.4, -0.2) is 61.5 Å². The topological polar surface area (TPSA) is 118 Å². The van der Waals surface area contributed by atoms with Crippen LogP contribution in [0.5, 0.6) is 23.0 Å². The molecule has 0 saturated carbocycles. The van der Waals surface area contributed by atoms with Crippen LogP contribution in [0.25, 0.3) is 32.6 Å². The Morgan fingerprint density at radius 3 is 2.41 bits per heavy atom. The van der Waals surface area contributed by atoms with Gasteiger partial charge in [0.15, 0.2) is 23.0 Å². The van der Waals surface area contributed by atoms with Crippen LogP contribution in [0.15, 0.2) is 35.3 Å². The molecule has 34 heavy (non-hydrogen) atoms. The summed E-state index contributed by atoms with van der Waals surface area (Å²) in [4.78, 5) is 31.6. The third kappa shape index (κ3) is 3.52. The number of nitrogens with zero attached hydrogens (tertiary/aromatic N) is 3. The second kappa shape index (κ2) is 8.38. The SMILES string of the molecule is COc1cc2c(=O)n(CCN(C)CC(N)=O)c3c4cc5c(cc4ncc3c2cc1OC)OCO5. The number of hydrogen-bond acceptors (Lipinski definition) is 8. The molecule has 3 heterocycles. The number of primary amides is 1. The first-order chi connectivity index (χ1) is 16.4. The zero-order chi connectivity index (χ0) is 24.0. The number of aromatic nitrogens is 2. The number of likely N-dealkylation sites (N-methyl/N-ethyl adjacent to an activating group) is 1. The zero-order valence-electron chi connectivity index (χ0n) is 19.1. The van der Waals surface area contributed by atoms with Gasteiger partial charge in [-0.1, -0.05) is 0 Å². The van der Waals surface area contributed by atoms with Crippen molar-refractivity contribution >= 4 is 38.5 Å². The molecule has 2 aromatic carbocycles. The van der Waals surface area contributed by atoms with E-state index in [4.69, 9.17) is 24.7 Å². The van der Waals surface area contributed by atoms with Crippen LogP contribution >= 0.6 is 0 Å². The Bertz CT molecular complexity index is 1510. The molecule has 1 aliphatic rings. The highest BCUT2D eigenvalue weighted by molar-refractivity contribution is 6.15. The lowest BCUT2D eigenvalue weighted by atomic mass is 10.0. The predicted molar refractivity (Wildman–Crippen MR) is 127 cm³/mol. The van der Waals surface area contributed by atoms with Gasteiger partial charge in [-0.2, -0.15) is 0 Å². The molecule has 4 aromatic rings. The number of methoxy groups -OCH3 is 2. The summed E-state index contributed by atoms with van der Waals surface area (Å²) < 4.78 is 23.7. The number of rotatable bonds is 7. The van der Waals surface area contributed by atoms with Crippen molar-refractivity contribution in [2.45, 2.75) is 6.54 Å². The summed E-state index contributed by atoms with van der Waals surface area (Å²) >= 11 is 0. The summed E-state index contributed by atoms with van der Waals surface area (Å²) in [6.07, 6.45) is 1.75. The molecule has 1 aliphatic heterocycles. The highest BCUT2D eigenvalue weighted by Gasteiger charge is 2.21. The number of carbonyl (C=O) groups excluding carboxylic acids is 1. The summed E-state index contributed by atoms with van der Waals surface area (Å²) in [6.45, 7) is 0.989. The summed E-state index contributed by atoms with van der Waals surface area (Å²) in [5.74, 6) is 1.75.